The summed E-state index contributed by atoms with van der Waals surface area (Å²) in [5.41, 5.74) is 0.268. The maximum absolute atomic E-state index is 13.9. The van der Waals surface area contributed by atoms with Crippen LogP contribution in [0.4, 0.5) is 13.2 Å². The van der Waals surface area contributed by atoms with E-state index >= 15 is 0 Å². The molecule has 0 bridgehead atoms. The van der Waals surface area contributed by atoms with E-state index in [9.17, 15) is 18.3 Å². The first-order valence-electron chi connectivity index (χ1n) is 6.19. The first kappa shape index (κ1) is 14.8. The van der Waals surface area contributed by atoms with E-state index in [1.165, 1.54) is 0 Å². The molecule has 4 nitrogen and oxygen atoms in total. The van der Waals surface area contributed by atoms with Gasteiger partial charge in [0.05, 0.1) is 12.5 Å². The van der Waals surface area contributed by atoms with Gasteiger partial charge in [-0.1, -0.05) is 22.9 Å². The van der Waals surface area contributed by atoms with Gasteiger partial charge in [-0.2, -0.15) is 4.98 Å². The molecule has 21 heavy (non-hydrogen) atoms. The minimum absolute atomic E-state index is 0.103. The molecular formula is C12H10ClF3N2O2S. The number of halogens is 4. The summed E-state index contributed by atoms with van der Waals surface area (Å²) in [6, 6.07) is 1.08. The molecule has 1 aliphatic carbocycles. The fourth-order valence-electron chi connectivity index (χ4n) is 2.22. The maximum Gasteiger partial charge on any atom is 0.252 e. The molecule has 3 rings (SSSR count). The number of aliphatic hydroxyl groups is 1. The van der Waals surface area contributed by atoms with E-state index in [0.29, 0.717) is 4.83 Å². The van der Waals surface area contributed by atoms with Crippen molar-refractivity contribution in [3.05, 3.63) is 16.4 Å². The van der Waals surface area contributed by atoms with Gasteiger partial charge in [-0.15, -0.1) is 0 Å². The van der Waals surface area contributed by atoms with Crippen molar-refractivity contribution in [2.24, 2.45) is 0 Å². The number of nitrogens with zero attached hydrogens (tertiary/aromatic N) is 2. The van der Waals surface area contributed by atoms with Gasteiger partial charge in [0.1, 0.15) is 16.5 Å². The van der Waals surface area contributed by atoms with Gasteiger partial charge in [-0.25, -0.2) is 18.2 Å². The van der Waals surface area contributed by atoms with Crippen molar-refractivity contribution in [1.82, 2.24) is 9.97 Å². The molecule has 1 aliphatic rings. The van der Waals surface area contributed by atoms with E-state index in [4.69, 9.17) is 16.3 Å². The lowest BCUT2D eigenvalue weighted by Crippen LogP contribution is -2.43. The second-order valence-electron chi connectivity index (χ2n) is 4.89. The number of fused-ring (bicyclic) bond motifs is 1. The lowest BCUT2D eigenvalue weighted by atomic mass is 9.91. The van der Waals surface area contributed by atoms with Crippen molar-refractivity contribution in [1.29, 1.82) is 0 Å². The van der Waals surface area contributed by atoms with Crippen LogP contribution >= 0.6 is 22.9 Å². The number of aromatic nitrogens is 2. The Labute approximate surface area is 126 Å². The molecule has 2 aromatic rings. The van der Waals surface area contributed by atoms with Crippen molar-refractivity contribution in [3.63, 3.8) is 0 Å². The highest BCUT2D eigenvalue weighted by atomic mass is 35.5. The average Bonchev–Trinajstić information content (AvgIpc) is 2.73. The summed E-state index contributed by atoms with van der Waals surface area (Å²) in [7, 11) is 0. The minimum atomic E-state index is -2.93. The monoisotopic (exact) mass is 338 g/mol. The van der Waals surface area contributed by atoms with Gasteiger partial charge in [0, 0.05) is 12.5 Å². The Hall–Kier alpha value is -1.12. The van der Waals surface area contributed by atoms with E-state index in [2.05, 4.69) is 9.97 Å². The van der Waals surface area contributed by atoms with Crippen LogP contribution in [-0.4, -0.2) is 33.2 Å². The molecule has 0 saturated heterocycles. The van der Waals surface area contributed by atoms with E-state index in [1.807, 2.05) is 0 Å². The van der Waals surface area contributed by atoms with Gasteiger partial charge in [-0.05, 0) is 6.42 Å². The summed E-state index contributed by atoms with van der Waals surface area (Å²) in [6.45, 7) is 0. The van der Waals surface area contributed by atoms with Crippen LogP contribution in [0.5, 0.6) is 5.88 Å². The minimum Gasteiger partial charge on any atom is -0.469 e. The Morgan fingerprint density at radius 1 is 1.43 bits per heavy atom. The van der Waals surface area contributed by atoms with Crippen LogP contribution < -0.4 is 4.74 Å². The summed E-state index contributed by atoms with van der Waals surface area (Å²) in [5, 5.41) is 9.73. The van der Waals surface area contributed by atoms with E-state index in [1.54, 1.807) is 0 Å². The number of pyridine rings is 1. The van der Waals surface area contributed by atoms with Crippen molar-refractivity contribution in [2.75, 3.05) is 0 Å². The lowest BCUT2D eigenvalue weighted by molar-refractivity contribution is -0.114. The quantitative estimate of drug-likeness (QED) is 0.911. The Balaban J connectivity index is 1.88. The number of aliphatic hydroxyl groups excluding tert-OH is 1. The van der Waals surface area contributed by atoms with Crippen LogP contribution in [0.1, 0.15) is 19.3 Å². The van der Waals surface area contributed by atoms with E-state index in [-0.39, 0.29) is 16.4 Å². The molecule has 0 radical (unpaired) electrons. The number of thiazole rings is 1. The highest BCUT2D eigenvalue weighted by molar-refractivity contribution is 7.21. The van der Waals surface area contributed by atoms with Crippen LogP contribution in [0.15, 0.2) is 6.07 Å². The second kappa shape index (κ2) is 5.26. The molecule has 1 unspecified atom stereocenters. The summed E-state index contributed by atoms with van der Waals surface area (Å²) >= 11 is 6.73. The smallest absolute Gasteiger partial charge is 0.252 e. The summed E-state index contributed by atoms with van der Waals surface area (Å²) in [6.07, 6.45) is -3.46. The third kappa shape index (κ3) is 3.07. The standard InChI is InChI=1S/C12H10ClF3N2O2S/c13-11-17-6-3-5(14)9(18-10(6)21-11)20-8-4-12(15,16)2-1-7(8)19/h3,7-8,19H,1-2,4H2/t7?,8-/m1/s1. The molecule has 0 amide bonds. The zero-order chi connectivity index (χ0) is 15.2. The van der Waals surface area contributed by atoms with Gasteiger partial charge >= 0.3 is 0 Å². The van der Waals surface area contributed by atoms with Crippen molar-refractivity contribution < 1.29 is 23.0 Å². The average molecular weight is 339 g/mol. The first-order valence-corrected chi connectivity index (χ1v) is 7.39. The summed E-state index contributed by atoms with van der Waals surface area (Å²) in [4.78, 5) is 8.09. The van der Waals surface area contributed by atoms with Gasteiger partial charge in [-0.3, -0.25) is 0 Å². The van der Waals surface area contributed by atoms with Crippen LogP contribution in [0.25, 0.3) is 10.3 Å². The SMILES string of the molecule is OC1CCC(F)(F)C[C@H]1Oc1nc2sc(Cl)nc2cc1F. The van der Waals surface area contributed by atoms with Crippen LogP contribution in [0.2, 0.25) is 4.47 Å². The van der Waals surface area contributed by atoms with Crippen LogP contribution in [0, 0.1) is 5.82 Å². The normalized spacial score (nSPS) is 25.2. The number of alkyl halides is 2. The fourth-order valence-corrected chi connectivity index (χ4v) is 3.17. The molecule has 1 N–H and O–H groups in total. The number of ether oxygens (including phenoxy) is 1. The number of hydrogen-bond donors (Lipinski definition) is 1. The molecule has 114 valence electrons. The van der Waals surface area contributed by atoms with Gasteiger partial charge in [0.2, 0.25) is 0 Å². The molecule has 0 aliphatic heterocycles. The predicted octanol–water partition coefficient (Wildman–Crippen LogP) is 3.41. The molecule has 2 aromatic heterocycles. The molecular weight excluding hydrogens is 329 g/mol. The zero-order valence-corrected chi connectivity index (χ0v) is 12.1. The van der Waals surface area contributed by atoms with E-state index < -0.39 is 42.7 Å². The fraction of sp³-hybridized carbons (Fsp3) is 0.500. The van der Waals surface area contributed by atoms with Crippen molar-refractivity contribution >= 4 is 33.3 Å². The predicted molar refractivity (Wildman–Crippen MR) is 71.6 cm³/mol. The molecule has 1 saturated carbocycles. The molecule has 0 aromatic carbocycles. The van der Waals surface area contributed by atoms with Crippen molar-refractivity contribution in [3.8, 4) is 5.88 Å². The van der Waals surface area contributed by atoms with Crippen LogP contribution in [0.3, 0.4) is 0 Å². The Kier molecular flexibility index (Phi) is 3.71. The lowest BCUT2D eigenvalue weighted by Gasteiger charge is -2.32. The summed E-state index contributed by atoms with van der Waals surface area (Å²) in [5.74, 6) is -4.19. The highest BCUT2D eigenvalue weighted by Crippen LogP contribution is 2.36. The highest BCUT2D eigenvalue weighted by Gasteiger charge is 2.42. The topological polar surface area (TPSA) is 55.2 Å². The third-order valence-corrected chi connectivity index (χ3v) is 4.35. The number of hydrogen-bond acceptors (Lipinski definition) is 5. The Morgan fingerprint density at radius 2 is 2.19 bits per heavy atom. The first-order chi connectivity index (χ1) is 9.84. The molecule has 2 heterocycles. The zero-order valence-electron chi connectivity index (χ0n) is 10.5. The third-order valence-electron chi connectivity index (χ3n) is 3.28. The second-order valence-corrected chi connectivity index (χ2v) is 6.45. The molecule has 0 spiro atoms. The van der Waals surface area contributed by atoms with Gasteiger partial charge in [0.25, 0.3) is 11.8 Å². The Bertz CT molecular complexity index is 682. The largest absolute Gasteiger partial charge is 0.469 e. The summed E-state index contributed by atoms with van der Waals surface area (Å²) < 4.78 is 45.9. The number of rotatable bonds is 2. The van der Waals surface area contributed by atoms with Gasteiger partial charge < -0.3 is 9.84 Å². The maximum atomic E-state index is 13.9. The van der Waals surface area contributed by atoms with Gasteiger partial charge in [0.15, 0.2) is 10.3 Å². The van der Waals surface area contributed by atoms with Crippen molar-refractivity contribution in [2.45, 2.75) is 37.4 Å². The Morgan fingerprint density at radius 3 is 2.95 bits per heavy atom. The molecule has 1 fully saturated rings. The van der Waals surface area contributed by atoms with Crippen LogP contribution in [-0.2, 0) is 0 Å². The van der Waals surface area contributed by atoms with E-state index in [0.717, 1.165) is 17.4 Å². The molecule has 2 atom stereocenters. The molecule has 9 heteroatoms.